The highest BCUT2D eigenvalue weighted by Crippen LogP contribution is 2.18. The highest BCUT2D eigenvalue weighted by atomic mass is 79.9. The maximum Gasteiger partial charge on any atom is 0.319 e. The van der Waals surface area contributed by atoms with Crippen molar-refractivity contribution in [2.45, 2.75) is 13.5 Å². The summed E-state index contributed by atoms with van der Waals surface area (Å²) in [4.78, 5) is 26.5. The van der Waals surface area contributed by atoms with Gasteiger partial charge in [-0.2, -0.15) is 0 Å². The summed E-state index contributed by atoms with van der Waals surface area (Å²) >= 11 is 3.24. The summed E-state index contributed by atoms with van der Waals surface area (Å²) in [5.41, 5.74) is 0.776. The molecule has 3 amide bonds. The third kappa shape index (κ3) is 3.27. The summed E-state index contributed by atoms with van der Waals surface area (Å²) in [5.74, 6) is -0.388. The Balaban J connectivity index is 1.91. The van der Waals surface area contributed by atoms with Crippen LogP contribution in [-0.4, -0.2) is 41.5 Å². The molecule has 0 atom stereocenters. The number of hydrogen-bond donors (Lipinski definition) is 1. The molecule has 1 N–H and O–H groups in total. The summed E-state index contributed by atoms with van der Waals surface area (Å²) in [5, 5.41) is 2.72. The molecule has 5 nitrogen and oxygen atoms in total. The molecule has 108 valence electrons. The number of hydrogen-bond acceptors (Lipinski definition) is 2. The van der Waals surface area contributed by atoms with Crippen LogP contribution in [0.4, 0.5) is 9.18 Å². The van der Waals surface area contributed by atoms with Crippen molar-refractivity contribution in [2.24, 2.45) is 0 Å². The normalized spacial score (nSPS) is 14.8. The molecule has 1 aromatic carbocycles. The lowest BCUT2D eigenvalue weighted by atomic mass is 10.2. The van der Waals surface area contributed by atoms with Crippen LogP contribution in [0.2, 0.25) is 0 Å². The SMILES string of the molecule is CCN1CN(C(=O)NCc2ccc(F)cc2Br)CC1=O. The predicted molar refractivity (Wildman–Crippen MR) is 75.3 cm³/mol. The van der Waals surface area contributed by atoms with Gasteiger partial charge in [0.1, 0.15) is 12.4 Å². The van der Waals surface area contributed by atoms with Gasteiger partial charge >= 0.3 is 6.03 Å². The zero-order chi connectivity index (χ0) is 14.7. The van der Waals surface area contributed by atoms with Crippen LogP contribution in [0.1, 0.15) is 12.5 Å². The second kappa shape index (κ2) is 6.21. The molecule has 1 aliphatic rings. The molecule has 1 aliphatic heterocycles. The minimum absolute atomic E-state index is 0.0504. The average molecular weight is 344 g/mol. The molecule has 1 fully saturated rings. The minimum atomic E-state index is -0.337. The Kier molecular flexibility index (Phi) is 4.59. The number of carbonyl (C=O) groups is 2. The number of amides is 3. The first kappa shape index (κ1) is 14.8. The Bertz CT molecular complexity index is 538. The fourth-order valence-electron chi connectivity index (χ4n) is 1.96. The Morgan fingerprint density at radius 2 is 2.25 bits per heavy atom. The van der Waals surface area contributed by atoms with Gasteiger partial charge in [-0.25, -0.2) is 9.18 Å². The van der Waals surface area contributed by atoms with E-state index < -0.39 is 0 Å². The Hall–Kier alpha value is -1.63. The second-order valence-electron chi connectivity index (χ2n) is 4.48. The van der Waals surface area contributed by atoms with Crippen molar-refractivity contribution >= 4 is 27.9 Å². The van der Waals surface area contributed by atoms with E-state index in [2.05, 4.69) is 21.2 Å². The van der Waals surface area contributed by atoms with Gasteiger partial charge in [-0.05, 0) is 24.6 Å². The molecular weight excluding hydrogens is 329 g/mol. The van der Waals surface area contributed by atoms with Crippen LogP contribution >= 0.6 is 15.9 Å². The van der Waals surface area contributed by atoms with E-state index in [1.54, 1.807) is 11.0 Å². The number of rotatable bonds is 3. The summed E-state index contributed by atoms with van der Waals surface area (Å²) in [6.45, 7) is 3.15. The highest BCUT2D eigenvalue weighted by molar-refractivity contribution is 9.10. The smallest absolute Gasteiger partial charge is 0.319 e. The summed E-state index contributed by atoms with van der Waals surface area (Å²) < 4.78 is 13.6. The van der Waals surface area contributed by atoms with Gasteiger partial charge in [-0.15, -0.1) is 0 Å². The molecule has 0 unspecified atom stereocenters. The average Bonchev–Trinajstić information content (AvgIpc) is 2.79. The largest absolute Gasteiger partial charge is 0.334 e. The van der Waals surface area contributed by atoms with Crippen LogP contribution < -0.4 is 5.32 Å². The molecule has 0 aromatic heterocycles. The maximum absolute atomic E-state index is 12.9. The molecular formula is C13H15BrFN3O2. The Morgan fingerprint density at radius 1 is 1.50 bits per heavy atom. The summed E-state index contributed by atoms with van der Waals surface area (Å²) in [7, 11) is 0. The van der Waals surface area contributed by atoms with Crippen LogP contribution in [0.3, 0.4) is 0 Å². The number of carbonyl (C=O) groups excluding carboxylic acids is 2. The van der Waals surface area contributed by atoms with Crippen molar-refractivity contribution in [3.8, 4) is 0 Å². The topological polar surface area (TPSA) is 52.6 Å². The molecule has 7 heteroatoms. The van der Waals surface area contributed by atoms with Gasteiger partial charge in [0.15, 0.2) is 0 Å². The molecule has 1 heterocycles. The molecule has 1 saturated heterocycles. The van der Waals surface area contributed by atoms with Gasteiger partial charge < -0.3 is 10.2 Å². The first-order valence-corrected chi connectivity index (χ1v) is 7.05. The van der Waals surface area contributed by atoms with E-state index in [1.165, 1.54) is 17.0 Å². The molecule has 0 radical (unpaired) electrons. The molecule has 2 rings (SSSR count). The number of nitrogens with zero attached hydrogens (tertiary/aromatic N) is 2. The third-order valence-corrected chi connectivity index (χ3v) is 3.87. The first-order valence-electron chi connectivity index (χ1n) is 6.25. The van der Waals surface area contributed by atoms with Crippen molar-refractivity contribution in [3.63, 3.8) is 0 Å². The van der Waals surface area contributed by atoms with E-state index in [9.17, 15) is 14.0 Å². The summed E-state index contributed by atoms with van der Waals surface area (Å²) in [6.07, 6.45) is 0. The monoisotopic (exact) mass is 343 g/mol. The molecule has 0 aliphatic carbocycles. The van der Waals surface area contributed by atoms with Crippen molar-refractivity contribution < 1.29 is 14.0 Å². The van der Waals surface area contributed by atoms with Gasteiger partial charge in [-0.3, -0.25) is 9.69 Å². The van der Waals surface area contributed by atoms with Crippen LogP contribution in [0, 0.1) is 5.82 Å². The Labute approximate surface area is 124 Å². The molecule has 0 spiro atoms. The van der Waals surface area contributed by atoms with Gasteiger partial charge in [-0.1, -0.05) is 22.0 Å². The van der Waals surface area contributed by atoms with Crippen LogP contribution in [0.25, 0.3) is 0 Å². The lowest BCUT2D eigenvalue weighted by Gasteiger charge is -2.17. The molecule has 0 bridgehead atoms. The first-order chi connectivity index (χ1) is 9.51. The summed E-state index contributed by atoms with van der Waals surface area (Å²) in [6, 6.07) is 3.99. The highest BCUT2D eigenvalue weighted by Gasteiger charge is 2.29. The second-order valence-corrected chi connectivity index (χ2v) is 5.34. The van der Waals surface area contributed by atoms with E-state index in [4.69, 9.17) is 0 Å². The number of halogens is 2. The minimum Gasteiger partial charge on any atom is -0.334 e. The zero-order valence-corrected chi connectivity index (χ0v) is 12.6. The maximum atomic E-state index is 12.9. The number of nitrogens with one attached hydrogen (secondary N) is 1. The Morgan fingerprint density at radius 3 is 2.85 bits per heavy atom. The van der Waals surface area contributed by atoms with Gasteiger partial charge in [0.05, 0.1) is 6.67 Å². The quantitative estimate of drug-likeness (QED) is 0.911. The molecule has 1 aromatic rings. The van der Waals surface area contributed by atoms with E-state index >= 15 is 0 Å². The van der Waals surface area contributed by atoms with Crippen molar-refractivity contribution in [1.82, 2.24) is 15.1 Å². The third-order valence-electron chi connectivity index (χ3n) is 3.13. The number of benzene rings is 1. The van der Waals surface area contributed by atoms with Crippen LogP contribution in [-0.2, 0) is 11.3 Å². The van der Waals surface area contributed by atoms with Crippen molar-refractivity contribution in [1.29, 1.82) is 0 Å². The van der Waals surface area contributed by atoms with E-state index in [0.717, 1.165) is 5.56 Å². The van der Waals surface area contributed by atoms with Gasteiger partial charge in [0.25, 0.3) is 0 Å². The van der Waals surface area contributed by atoms with E-state index in [0.29, 0.717) is 17.7 Å². The van der Waals surface area contributed by atoms with Crippen molar-refractivity contribution in [2.75, 3.05) is 19.8 Å². The number of likely N-dealkylation sites (N-methyl/N-ethyl adjacent to an activating group) is 1. The predicted octanol–water partition coefficient (Wildman–Crippen LogP) is 1.92. The lowest BCUT2D eigenvalue weighted by molar-refractivity contribution is -0.126. The lowest BCUT2D eigenvalue weighted by Crippen LogP contribution is -2.39. The van der Waals surface area contributed by atoms with Gasteiger partial charge in [0, 0.05) is 17.6 Å². The fourth-order valence-corrected chi connectivity index (χ4v) is 2.45. The molecule has 20 heavy (non-hydrogen) atoms. The van der Waals surface area contributed by atoms with E-state index in [1.807, 2.05) is 6.92 Å². The zero-order valence-electron chi connectivity index (χ0n) is 11.0. The number of urea groups is 1. The van der Waals surface area contributed by atoms with Crippen LogP contribution in [0.5, 0.6) is 0 Å². The van der Waals surface area contributed by atoms with Gasteiger partial charge in [0.2, 0.25) is 5.91 Å². The molecule has 0 saturated carbocycles. The van der Waals surface area contributed by atoms with E-state index in [-0.39, 0.29) is 30.8 Å². The fraction of sp³-hybridized carbons (Fsp3) is 0.385. The van der Waals surface area contributed by atoms with Crippen molar-refractivity contribution in [3.05, 3.63) is 34.1 Å². The standard InChI is InChI=1S/C13H15BrFN3O2/c1-2-17-8-18(7-12(17)19)13(20)16-6-9-3-4-10(15)5-11(9)14/h3-5H,2,6-8H2,1H3,(H,16,20). The van der Waals surface area contributed by atoms with Crippen LogP contribution in [0.15, 0.2) is 22.7 Å².